The van der Waals surface area contributed by atoms with Gasteiger partial charge in [0.1, 0.15) is 24.6 Å². The predicted octanol–water partition coefficient (Wildman–Crippen LogP) is -3.67. The van der Waals surface area contributed by atoms with Crippen molar-refractivity contribution in [3.8, 4) is 0 Å². The Morgan fingerprint density at radius 2 is 1.97 bits per heavy atom. The number of aromatic nitrogens is 4. The van der Waals surface area contributed by atoms with E-state index in [1.807, 2.05) is 0 Å². The number of aliphatic hydroxyl groups is 3. The van der Waals surface area contributed by atoms with Crippen LogP contribution in [0.5, 0.6) is 0 Å². The van der Waals surface area contributed by atoms with Crippen molar-refractivity contribution in [2.45, 2.75) is 31.0 Å². The molecule has 182 valence electrons. The zero-order valence-electron chi connectivity index (χ0n) is 17.1. The van der Waals surface area contributed by atoms with E-state index in [1.54, 1.807) is 16.5 Å². The predicted molar refractivity (Wildman–Crippen MR) is 108 cm³/mol. The molecule has 3 rings (SSSR count). The molecule has 16 nitrogen and oxygen atoms in total. The third kappa shape index (κ3) is 6.40. The minimum atomic E-state index is -5.17. The highest BCUT2D eigenvalue weighted by molar-refractivity contribution is 7.79. The molecule has 8 N–H and O–H groups in total. The molecule has 2 aromatic heterocycles. The topological polar surface area (TPSA) is 261 Å². The van der Waals surface area contributed by atoms with Crippen LogP contribution in [0.3, 0.4) is 0 Å². The number of anilines is 2. The largest absolute Gasteiger partial charge is 0.759 e. The smallest absolute Gasteiger partial charge is 0.207 e. The van der Waals surface area contributed by atoms with Crippen molar-refractivity contribution in [1.29, 1.82) is 0 Å². The third-order valence-corrected chi connectivity index (χ3v) is 4.64. The van der Waals surface area contributed by atoms with E-state index in [0.717, 1.165) is 0 Å². The van der Waals surface area contributed by atoms with Crippen LogP contribution in [0.25, 0.3) is 11.2 Å². The zero-order chi connectivity index (χ0) is 24.1. The van der Waals surface area contributed by atoms with Crippen LogP contribution in [0.15, 0.2) is 6.33 Å². The van der Waals surface area contributed by atoms with Gasteiger partial charge in [-0.3, -0.25) is 17.9 Å². The molecule has 1 aliphatic rings. The molecule has 1 fully saturated rings. The van der Waals surface area contributed by atoms with Crippen molar-refractivity contribution in [2.24, 2.45) is 5.73 Å². The zero-order valence-corrected chi connectivity index (χ0v) is 17.9. The molecule has 17 heteroatoms. The van der Waals surface area contributed by atoms with Crippen molar-refractivity contribution in [2.75, 3.05) is 44.5 Å². The lowest BCUT2D eigenvalue weighted by atomic mass is 10.1. The second kappa shape index (κ2) is 11.1. The number of rotatable bonds is 8. The summed E-state index contributed by atoms with van der Waals surface area (Å²) in [5, 5.41) is 33.5. The first-order valence-electron chi connectivity index (χ1n) is 9.39. The number of aliphatic hydroxyl groups excluding tert-OH is 3. The Labute approximate surface area is 183 Å². The number of fused-ring (bicyclic) bond motifs is 1. The van der Waals surface area contributed by atoms with Crippen LogP contribution in [-0.4, -0.2) is 109 Å². The van der Waals surface area contributed by atoms with Gasteiger partial charge in [0.25, 0.3) is 0 Å². The summed E-state index contributed by atoms with van der Waals surface area (Å²) in [4.78, 5) is 14.1. The summed E-state index contributed by atoms with van der Waals surface area (Å²) < 4.78 is 41.6. The Bertz CT molecular complexity index is 981. The van der Waals surface area contributed by atoms with Gasteiger partial charge < -0.3 is 45.9 Å². The number of nitrogens with two attached hydrogens (primary N) is 2. The summed E-state index contributed by atoms with van der Waals surface area (Å²) in [6, 6.07) is 0. The van der Waals surface area contributed by atoms with Crippen LogP contribution in [-0.2, 0) is 15.1 Å². The molecule has 1 saturated heterocycles. The van der Waals surface area contributed by atoms with Gasteiger partial charge in [0.15, 0.2) is 23.2 Å². The fourth-order valence-corrected chi connectivity index (χ4v) is 3.23. The highest BCUT2D eigenvalue weighted by Gasteiger charge is 2.45. The first-order chi connectivity index (χ1) is 15.0. The van der Waals surface area contributed by atoms with Gasteiger partial charge in [-0.2, -0.15) is 0 Å². The van der Waals surface area contributed by atoms with Crippen molar-refractivity contribution < 1.29 is 37.6 Å². The minimum Gasteiger partial charge on any atom is -0.759 e. The number of nitrogens with zero attached hydrogens (tertiary/aromatic N) is 5. The fraction of sp³-hybridized carbons (Fsp3) is 0.667. The molecule has 0 aliphatic carbocycles. The van der Waals surface area contributed by atoms with Crippen LogP contribution in [0.1, 0.15) is 12.6 Å². The summed E-state index contributed by atoms with van der Waals surface area (Å²) >= 11 is 0. The van der Waals surface area contributed by atoms with Gasteiger partial charge in [0.2, 0.25) is 5.95 Å². The van der Waals surface area contributed by atoms with E-state index in [1.165, 1.54) is 6.33 Å². The molecule has 0 saturated carbocycles. The second-order valence-electron chi connectivity index (χ2n) is 6.80. The normalized spacial score (nSPS) is 23.4. The van der Waals surface area contributed by atoms with Crippen LogP contribution >= 0.6 is 0 Å². The standard InChI is InChI=1S/C15H26N8O4.H2O4S/c1-18-15-21-9-12(17)19-6-20-13(9)23(15)14-11(26)10(25)8(27-14)5-22(7-24)4-2-3-16;1-5(2,3)4/h6,8,10-11,14,24-26H,2-5,7,16H2,1H3,(H,18,21)(H2,17,19,20);(H2,1,2,3,4)/p-2/t8-,10-,11-,14-;/m1./s1. The quantitative estimate of drug-likeness (QED) is 0.121. The Hall–Kier alpha value is -2.22. The molecule has 0 bridgehead atoms. The molecular weight excluding hydrogens is 452 g/mol. The Morgan fingerprint density at radius 1 is 1.31 bits per heavy atom. The lowest BCUT2D eigenvalue weighted by molar-refractivity contribution is -0.0509. The van der Waals surface area contributed by atoms with E-state index in [2.05, 4.69) is 20.3 Å². The molecule has 0 aromatic carbocycles. The first kappa shape index (κ1) is 26.0. The monoisotopic (exact) mass is 478 g/mol. The summed E-state index contributed by atoms with van der Waals surface area (Å²) in [5.74, 6) is 0.573. The molecule has 0 radical (unpaired) electrons. The van der Waals surface area contributed by atoms with E-state index in [-0.39, 0.29) is 19.1 Å². The van der Waals surface area contributed by atoms with Gasteiger partial charge in [-0.1, -0.05) is 0 Å². The highest BCUT2D eigenvalue weighted by atomic mass is 32.3. The molecular formula is C15H26N8O8S-2. The van der Waals surface area contributed by atoms with E-state index in [0.29, 0.717) is 36.6 Å². The van der Waals surface area contributed by atoms with Crippen LogP contribution in [0.4, 0.5) is 11.8 Å². The highest BCUT2D eigenvalue weighted by Crippen LogP contribution is 2.35. The fourth-order valence-electron chi connectivity index (χ4n) is 3.23. The lowest BCUT2D eigenvalue weighted by Crippen LogP contribution is -2.41. The molecule has 3 heterocycles. The van der Waals surface area contributed by atoms with Gasteiger partial charge in [0.05, 0.1) is 6.73 Å². The molecule has 0 amide bonds. The van der Waals surface area contributed by atoms with E-state index >= 15 is 0 Å². The van der Waals surface area contributed by atoms with E-state index in [9.17, 15) is 15.3 Å². The van der Waals surface area contributed by atoms with Crippen molar-refractivity contribution >= 4 is 33.3 Å². The summed E-state index contributed by atoms with van der Waals surface area (Å²) in [6.45, 7) is 1.08. The van der Waals surface area contributed by atoms with Crippen molar-refractivity contribution in [3.63, 3.8) is 0 Å². The molecule has 0 spiro atoms. The average molecular weight is 478 g/mol. The SMILES string of the molecule is CNc1nc2c(N)ncnc2n1[C@@H]1O[C@H](CN(CO)CCCN)[C@@H](O)[C@H]1O.O=S(=O)([O-])[O-]. The maximum atomic E-state index is 10.6. The molecule has 1 aliphatic heterocycles. The van der Waals surface area contributed by atoms with Crippen molar-refractivity contribution in [3.05, 3.63) is 6.33 Å². The summed E-state index contributed by atoms with van der Waals surface area (Å²) in [7, 11) is -3.50. The number of imidazole rings is 1. The maximum Gasteiger partial charge on any atom is 0.207 e. The van der Waals surface area contributed by atoms with Crippen LogP contribution < -0.4 is 16.8 Å². The maximum absolute atomic E-state index is 10.6. The van der Waals surface area contributed by atoms with Gasteiger partial charge in [-0.05, 0) is 13.0 Å². The Balaban J connectivity index is 0.000000654. The van der Waals surface area contributed by atoms with Crippen LogP contribution in [0, 0.1) is 0 Å². The van der Waals surface area contributed by atoms with Gasteiger partial charge >= 0.3 is 0 Å². The van der Waals surface area contributed by atoms with Crippen molar-refractivity contribution in [1.82, 2.24) is 24.4 Å². The number of hydrogen-bond donors (Lipinski definition) is 6. The van der Waals surface area contributed by atoms with Gasteiger partial charge in [0, 0.05) is 30.5 Å². The third-order valence-electron chi connectivity index (χ3n) is 4.64. The average Bonchev–Trinajstić information content (AvgIpc) is 3.23. The number of nitrogen functional groups attached to an aromatic ring is 1. The van der Waals surface area contributed by atoms with Gasteiger partial charge in [-0.25, -0.2) is 15.0 Å². The molecule has 0 unspecified atom stereocenters. The number of nitrogens with one attached hydrogen (secondary N) is 1. The van der Waals surface area contributed by atoms with E-state index < -0.39 is 34.9 Å². The van der Waals surface area contributed by atoms with Gasteiger partial charge in [-0.15, -0.1) is 0 Å². The number of hydrogen-bond acceptors (Lipinski definition) is 15. The minimum absolute atomic E-state index is 0.202. The second-order valence-corrected chi connectivity index (χ2v) is 7.62. The molecule has 32 heavy (non-hydrogen) atoms. The Kier molecular flexibility index (Phi) is 9.01. The Morgan fingerprint density at radius 3 is 2.53 bits per heavy atom. The van der Waals surface area contributed by atoms with Crippen LogP contribution in [0.2, 0.25) is 0 Å². The summed E-state index contributed by atoms with van der Waals surface area (Å²) in [5.41, 5.74) is 12.1. The molecule has 2 aromatic rings. The first-order valence-corrected chi connectivity index (χ1v) is 10.7. The molecule has 4 atom stereocenters. The number of ether oxygens (including phenoxy) is 1. The lowest BCUT2D eigenvalue weighted by Gasteiger charge is -2.24. The summed E-state index contributed by atoms with van der Waals surface area (Å²) in [6.07, 6.45) is -2.01. The van der Waals surface area contributed by atoms with E-state index in [4.69, 9.17) is 33.7 Å².